The van der Waals surface area contributed by atoms with Gasteiger partial charge in [-0.1, -0.05) is 42.8 Å². The van der Waals surface area contributed by atoms with Crippen LogP contribution in [0.15, 0.2) is 46.2 Å². The van der Waals surface area contributed by atoms with Gasteiger partial charge in [0, 0.05) is 17.0 Å². The van der Waals surface area contributed by atoms with Gasteiger partial charge >= 0.3 is 12.3 Å². The number of carbonyl (C=O) groups is 1. The molecule has 2 rings (SSSR count). The molecule has 2 N–H and O–H groups in total. The van der Waals surface area contributed by atoms with Crippen LogP contribution in [0.25, 0.3) is 0 Å². The van der Waals surface area contributed by atoms with Crippen LogP contribution in [0.5, 0.6) is 5.75 Å². The minimum atomic E-state index is -4.50. The molecule has 6 nitrogen and oxygen atoms in total. The molecular formula is C27H35ClF3NO5S. The molecule has 2 aromatic carbocycles. The predicted octanol–water partition coefficient (Wildman–Crippen LogP) is 7.48. The standard InChI is InChI=1S/C27H35ClF3NO5S/c1-6-12-26(16-33,32-24(34)37-25(2,3)4)13-11-18-7-9-20(15-21(18)28)38-23-14-19(27(29,30)31)8-10-22(23)36-17-35-5/h7-10,14-15,33H,6,11-13,16-17H2,1-5H3,(H,32,34). The summed E-state index contributed by atoms with van der Waals surface area (Å²) in [5, 5.41) is 13.4. The van der Waals surface area contributed by atoms with Gasteiger partial charge in [-0.25, -0.2) is 4.79 Å². The van der Waals surface area contributed by atoms with Gasteiger partial charge in [-0.05, 0) is 75.9 Å². The molecule has 0 saturated carbocycles. The first-order chi connectivity index (χ1) is 17.7. The number of ether oxygens (including phenoxy) is 3. The smallest absolute Gasteiger partial charge is 0.416 e. The quantitative estimate of drug-likeness (QED) is 0.255. The molecule has 0 aromatic heterocycles. The third kappa shape index (κ3) is 9.87. The second kappa shape index (κ2) is 13.8. The first-order valence-electron chi connectivity index (χ1n) is 12.1. The van der Waals surface area contributed by atoms with E-state index in [0.717, 1.165) is 35.9 Å². The summed E-state index contributed by atoms with van der Waals surface area (Å²) in [4.78, 5) is 13.3. The molecule has 11 heteroatoms. The summed E-state index contributed by atoms with van der Waals surface area (Å²) in [5.41, 5.74) is -1.58. The van der Waals surface area contributed by atoms with Gasteiger partial charge in [0.1, 0.15) is 11.4 Å². The number of alkyl halides is 3. The molecule has 0 heterocycles. The van der Waals surface area contributed by atoms with Crippen molar-refractivity contribution in [1.82, 2.24) is 5.32 Å². The van der Waals surface area contributed by atoms with E-state index in [1.54, 1.807) is 39.0 Å². The summed E-state index contributed by atoms with van der Waals surface area (Å²) in [5.74, 6) is 0.255. The van der Waals surface area contributed by atoms with Crippen LogP contribution in [0.2, 0.25) is 5.02 Å². The van der Waals surface area contributed by atoms with E-state index in [9.17, 15) is 23.1 Å². The fraction of sp³-hybridized carbons (Fsp3) is 0.519. The number of nitrogens with one attached hydrogen (secondary N) is 1. The highest BCUT2D eigenvalue weighted by atomic mass is 35.5. The van der Waals surface area contributed by atoms with E-state index >= 15 is 0 Å². The van der Waals surface area contributed by atoms with Crippen molar-refractivity contribution in [3.8, 4) is 5.75 Å². The van der Waals surface area contributed by atoms with E-state index in [1.165, 1.54) is 13.2 Å². The Bertz CT molecular complexity index is 1080. The molecule has 0 fully saturated rings. The Balaban J connectivity index is 2.22. The van der Waals surface area contributed by atoms with Crippen molar-refractivity contribution in [2.24, 2.45) is 0 Å². The highest BCUT2D eigenvalue weighted by Gasteiger charge is 2.33. The van der Waals surface area contributed by atoms with Gasteiger partial charge in [-0.3, -0.25) is 0 Å². The molecule has 0 aliphatic rings. The SMILES string of the molecule is CCCC(CO)(CCc1ccc(Sc2cc(C(F)(F)F)ccc2OCOC)cc1Cl)NC(=O)OC(C)(C)C. The number of amides is 1. The molecule has 0 bridgehead atoms. The number of hydrogen-bond acceptors (Lipinski definition) is 6. The third-order valence-corrected chi connectivity index (χ3v) is 6.91. The fourth-order valence-electron chi connectivity index (χ4n) is 3.75. The van der Waals surface area contributed by atoms with Gasteiger partial charge in [0.05, 0.1) is 22.6 Å². The lowest BCUT2D eigenvalue weighted by molar-refractivity contribution is -0.137. The summed E-state index contributed by atoms with van der Waals surface area (Å²) >= 11 is 7.63. The summed E-state index contributed by atoms with van der Waals surface area (Å²) in [7, 11) is 1.42. The van der Waals surface area contributed by atoms with Crippen LogP contribution in [-0.2, 0) is 22.1 Å². The van der Waals surface area contributed by atoms with Crippen LogP contribution in [0, 0.1) is 0 Å². The predicted molar refractivity (Wildman–Crippen MR) is 142 cm³/mol. The Morgan fingerprint density at radius 2 is 1.82 bits per heavy atom. The van der Waals surface area contributed by atoms with Gasteiger partial charge in [0.25, 0.3) is 0 Å². The number of alkyl carbamates (subject to hydrolysis) is 1. The minimum Gasteiger partial charge on any atom is -0.466 e. The van der Waals surface area contributed by atoms with Crippen molar-refractivity contribution in [2.45, 2.75) is 80.5 Å². The highest BCUT2D eigenvalue weighted by Crippen LogP contribution is 2.41. The maximum absolute atomic E-state index is 13.3. The molecule has 0 aliphatic heterocycles. The Kier molecular flexibility index (Phi) is 11.6. The maximum Gasteiger partial charge on any atom is 0.416 e. The van der Waals surface area contributed by atoms with Crippen molar-refractivity contribution >= 4 is 29.5 Å². The monoisotopic (exact) mass is 577 g/mol. The summed E-state index contributed by atoms with van der Waals surface area (Å²) < 4.78 is 55.6. The number of methoxy groups -OCH3 is 1. The number of carbonyl (C=O) groups excluding carboxylic acids is 1. The Hall–Kier alpha value is -2.14. The maximum atomic E-state index is 13.3. The topological polar surface area (TPSA) is 77.0 Å². The third-order valence-electron chi connectivity index (χ3n) is 5.53. The molecule has 1 atom stereocenters. The normalized spacial score (nSPS) is 13.6. The lowest BCUT2D eigenvalue weighted by atomic mass is 9.87. The van der Waals surface area contributed by atoms with Crippen LogP contribution in [-0.4, -0.2) is 42.8 Å². The Morgan fingerprint density at radius 1 is 1.11 bits per heavy atom. The first-order valence-corrected chi connectivity index (χ1v) is 13.3. The van der Waals surface area contributed by atoms with E-state index in [1.807, 2.05) is 6.92 Å². The summed E-state index contributed by atoms with van der Waals surface area (Å²) in [6.07, 6.45) is -2.98. The van der Waals surface area contributed by atoms with Crippen molar-refractivity contribution in [1.29, 1.82) is 0 Å². The zero-order chi connectivity index (χ0) is 28.6. The van der Waals surface area contributed by atoms with Crippen LogP contribution in [0.4, 0.5) is 18.0 Å². The number of aliphatic hydroxyl groups excluding tert-OH is 1. The summed E-state index contributed by atoms with van der Waals surface area (Å²) in [6.45, 7) is 6.86. The molecular weight excluding hydrogens is 543 g/mol. The van der Waals surface area contributed by atoms with Crippen LogP contribution < -0.4 is 10.1 Å². The molecule has 0 spiro atoms. The molecule has 38 heavy (non-hydrogen) atoms. The van der Waals surface area contributed by atoms with Crippen LogP contribution in [0.3, 0.4) is 0 Å². The minimum absolute atomic E-state index is 0.111. The number of rotatable bonds is 12. The molecule has 1 amide bonds. The highest BCUT2D eigenvalue weighted by molar-refractivity contribution is 7.99. The molecule has 212 valence electrons. The number of halogens is 4. The average Bonchev–Trinajstić information content (AvgIpc) is 2.80. The zero-order valence-corrected chi connectivity index (χ0v) is 23.8. The van der Waals surface area contributed by atoms with E-state index in [-0.39, 0.29) is 24.0 Å². The van der Waals surface area contributed by atoms with Gasteiger partial charge in [-0.2, -0.15) is 13.2 Å². The second-order valence-electron chi connectivity index (χ2n) is 9.88. The Morgan fingerprint density at radius 3 is 2.37 bits per heavy atom. The molecule has 2 aromatic rings. The van der Waals surface area contributed by atoms with E-state index in [0.29, 0.717) is 29.2 Å². The van der Waals surface area contributed by atoms with Gasteiger partial charge < -0.3 is 24.6 Å². The molecule has 0 saturated heterocycles. The number of hydrogen-bond donors (Lipinski definition) is 2. The van der Waals surface area contributed by atoms with Crippen molar-refractivity contribution < 1.29 is 37.3 Å². The molecule has 1 unspecified atom stereocenters. The van der Waals surface area contributed by atoms with E-state index in [4.69, 9.17) is 25.8 Å². The first kappa shape index (κ1) is 32.1. The van der Waals surface area contributed by atoms with Crippen LogP contribution >= 0.6 is 23.4 Å². The molecule has 0 radical (unpaired) electrons. The number of aryl methyl sites for hydroxylation is 1. The van der Waals surface area contributed by atoms with Gasteiger partial charge in [-0.15, -0.1) is 0 Å². The second-order valence-corrected chi connectivity index (χ2v) is 11.4. The van der Waals surface area contributed by atoms with E-state index in [2.05, 4.69) is 5.32 Å². The van der Waals surface area contributed by atoms with Crippen molar-refractivity contribution in [2.75, 3.05) is 20.5 Å². The van der Waals surface area contributed by atoms with Gasteiger partial charge in [0.15, 0.2) is 6.79 Å². The van der Waals surface area contributed by atoms with E-state index < -0.39 is 29.0 Å². The lowest BCUT2D eigenvalue weighted by Crippen LogP contribution is -2.53. The van der Waals surface area contributed by atoms with Crippen LogP contribution in [0.1, 0.15) is 58.1 Å². The summed E-state index contributed by atoms with van der Waals surface area (Å²) in [6, 6.07) is 8.47. The lowest BCUT2D eigenvalue weighted by Gasteiger charge is -2.34. The molecule has 0 aliphatic carbocycles. The number of aliphatic hydroxyl groups is 1. The average molecular weight is 578 g/mol. The van der Waals surface area contributed by atoms with Crippen molar-refractivity contribution in [3.05, 3.63) is 52.5 Å². The van der Waals surface area contributed by atoms with Gasteiger partial charge in [0.2, 0.25) is 0 Å². The number of benzene rings is 2. The zero-order valence-electron chi connectivity index (χ0n) is 22.2. The Labute approximate surface area is 231 Å². The van der Waals surface area contributed by atoms with Crippen molar-refractivity contribution in [3.63, 3.8) is 0 Å². The fourth-order valence-corrected chi connectivity index (χ4v) is 5.07. The largest absolute Gasteiger partial charge is 0.466 e.